The third-order valence-corrected chi connectivity index (χ3v) is 2.81. The molecule has 1 aromatic carbocycles. The van der Waals surface area contributed by atoms with Crippen molar-refractivity contribution < 1.29 is 0 Å². The van der Waals surface area contributed by atoms with Gasteiger partial charge in [-0.1, -0.05) is 42.5 Å². The van der Waals surface area contributed by atoms with E-state index in [9.17, 15) is 5.26 Å². The number of benzene rings is 1. The molecule has 2 heteroatoms. The Kier molecular flexibility index (Phi) is 2.58. The molecule has 0 aromatic heterocycles. The van der Waals surface area contributed by atoms with Gasteiger partial charge in [0.1, 0.15) is 5.41 Å². The highest BCUT2D eigenvalue weighted by Gasteiger charge is 2.30. The number of hydrogen-bond donors (Lipinski definition) is 0. The number of nitriles is 2. The molecule has 76 valence electrons. The van der Waals surface area contributed by atoms with Crippen molar-refractivity contribution in [2.45, 2.75) is 11.8 Å². The van der Waals surface area contributed by atoms with Gasteiger partial charge in [-0.3, -0.25) is 0 Å². The Hall–Kier alpha value is -2.32. The fraction of sp³-hybridized carbons (Fsp3) is 0.143. The Morgan fingerprint density at radius 2 is 1.88 bits per heavy atom. The van der Waals surface area contributed by atoms with Crippen LogP contribution in [0.25, 0.3) is 0 Å². The van der Waals surface area contributed by atoms with Crippen LogP contribution in [0.2, 0.25) is 0 Å². The molecule has 0 spiro atoms. The highest BCUT2D eigenvalue weighted by molar-refractivity contribution is 5.47. The van der Waals surface area contributed by atoms with Crippen LogP contribution in [0, 0.1) is 22.7 Å². The molecular weight excluding hydrogens is 196 g/mol. The second-order valence-electron chi connectivity index (χ2n) is 3.76. The van der Waals surface area contributed by atoms with Gasteiger partial charge in [0.2, 0.25) is 0 Å². The van der Waals surface area contributed by atoms with Crippen molar-refractivity contribution in [2.24, 2.45) is 0 Å². The van der Waals surface area contributed by atoms with E-state index in [2.05, 4.69) is 12.1 Å². The van der Waals surface area contributed by atoms with Crippen molar-refractivity contribution in [3.05, 3.63) is 59.7 Å². The molecule has 16 heavy (non-hydrogen) atoms. The number of hydrogen-bond acceptors (Lipinski definition) is 2. The van der Waals surface area contributed by atoms with Crippen molar-refractivity contribution in [2.75, 3.05) is 0 Å². The summed E-state index contributed by atoms with van der Waals surface area (Å²) in [4.78, 5) is 0. The fourth-order valence-corrected chi connectivity index (χ4v) is 1.82. The van der Waals surface area contributed by atoms with Crippen LogP contribution in [0.1, 0.15) is 12.0 Å². The summed E-state index contributed by atoms with van der Waals surface area (Å²) in [6.45, 7) is 0. The molecule has 2 nitrogen and oxygen atoms in total. The van der Waals surface area contributed by atoms with Crippen molar-refractivity contribution in [1.82, 2.24) is 0 Å². The van der Waals surface area contributed by atoms with Gasteiger partial charge in [0.15, 0.2) is 0 Å². The third kappa shape index (κ3) is 1.62. The molecule has 0 radical (unpaired) electrons. The topological polar surface area (TPSA) is 47.6 Å². The molecule has 1 aromatic rings. The van der Waals surface area contributed by atoms with Crippen LogP contribution >= 0.6 is 0 Å². The molecule has 1 atom stereocenters. The highest BCUT2D eigenvalue weighted by atomic mass is 14.4. The van der Waals surface area contributed by atoms with Crippen molar-refractivity contribution in [3.8, 4) is 12.1 Å². The zero-order chi connectivity index (χ0) is 11.4. The van der Waals surface area contributed by atoms with E-state index in [4.69, 9.17) is 5.26 Å². The first-order chi connectivity index (χ1) is 7.80. The summed E-state index contributed by atoms with van der Waals surface area (Å²) in [7, 11) is 0. The molecule has 1 aliphatic carbocycles. The minimum absolute atomic E-state index is 0.562. The van der Waals surface area contributed by atoms with Crippen molar-refractivity contribution >= 4 is 0 Å². The number of nitrogens with zero attached hydrogens (tertiary/aromatic N) is 2. The summed E-state index contributed by atoms with van der Waals surface area (Å²) in [6, 6.07) is 14.1. The zero-order valence-electron chi connectivity index (χ0n) is 8.72. The monoisotopic (exact) mass is 206 g/mol. The molecule has 0 amide bonds. The first kappa shape index (κ1) is 10.2. The SMILES string of the molecule is N#CC1=CCC(C#N)(c2ccccc2)C=C1. The van der Waals surface area contributed by atoms with Crippen LogP contribution in [0.15, 0.2) is 54.1 Å². The van der Waals surface area contributed by atoms with Crippen LogP contribution in [0.5, 0.6) is 0 Å². The van der Waals surface area contributed by atoms with Crippen LogP contribution < -0.4 is 0 Å². The number of allylic oxidation sites excluding steroid dienone is 4. The van der Waals surface area contributed by atoms with Crippen LogP contribution in [0.3, 0.4) is 0 Å². The smallest absolute Gasteiger partial charge is 0.104 e. The average molecular weight is 206 g/mol. The lowest BCUT2D eigenvalue weighted by Gasteiger charge is -2.24. The zero-order valence-corrected chi connectivity index (χ0v) is 8.72. The normalized spacial score (nSPS) is 23.0. The van der Waals surface area contributed by atoms with E-state index in [1.54, 1.807) is 6.08 Å². The van der Waals surface area contributed by atoms with Gasteiger partial charge in [-0.15, -0.1) is 0 Å². The third-order valence-electron chi connectivity index (χ3n) is 2.81. The first-order valence-corrected chi connectivity index (χ1v) is 5.07. The second-order valence-corrected chi connectivity index (χ2v) is 3.76. The van der Waals surface area contributed by atoms with Gasteiger partial charge in [0.05, 0.1) is 12.1 Å². The van der Waals surface area contributed by atoms with E-state index >= 15 is 0 Å². The van der Waals surface area contributed by atoms with Crippen LogP contribution in [-0.2, 0) is 5.41 Å². The lowest BCUT2D eigenvalue weighted by atomic mass is 9.76. The predicted octanol–water partition coefficient (Wildman–Crippen LogP) is 2.86. The van der Waals surface area contributed by atoms with Gasteiger partial charge in [0.25, 0.3) is 0 Å². The van der Waals surface area contributed by atoms with Crippen LogP contribution in [-0.4, -0.2) is 0 Å². The minimum Gasteiger partial charge on any atom is -0.197 e. The molecule has 0 fully saturated rings. The van der Waals surface area contributed by atoms with Crippen LogP contribution in [0.4, 0.5) is 0 Å². The summed E-state index contributed by atoms with van der Waals surface area (Å²) < 4.78 is 0. The predicted molar refractivity (Wildman–Crippen MR) is 61.2 cm³/mol. The minimum atomic E-state index is -0.610. The lowest BCUT2D eigenvalue weighted by molar-refractivity contribution is 0.688. The Labute approximate surface area is 94.8 Å². The van der Waals surface area contributed by atoms with Gasteiger partial charge in [-0.2, -0.15) is 10.5 Å². The van der Waals surface area contributed by atoms with Gasteiger partial charge >= 0.3 is 0 Å². The molecule has 2 rings (SSSR count). The molecule has 0 N–H and O–H groups in total. The number of rotatable bonds is 1. The maximum atomic E-state index is 9.34. The highest BCUT2D eigenvalue weighted by Crippen LogP contribution is 2.33. The van der Waals surface area contributed by atoms with Gasteiger partial charge in [-0.25, -0.2) is 0 Å². The first-order valence-electron chi connectivity index (χ1n) is 5.07. The Morgan fingerprint density at radius 3 is 2.38 bits per heavy atom. The standard InChI is InChI=1S/C14H10N2/c15-10-12-6-8-14(11-16,9-7-12)13-4-2-1-3-5-13/h1-8H,9H2. The maximum absolute atomic E-state index is 9.34. The molecule has 0 saturated heterocycles. The lowest BCUT2D eigenvalue weighted by Crippen LogP contribution is -2.22. The molecule has 0 saturated carbocycles. The maximum Gasteiger partial charge on any atom is 0.104 e. The Morgan fingerprint density at radius 1 is 1.12 bits per heavy atom. The van der Waals surface area contributed by atoms with Gasteiger partial charge in [0, 0.05) is 5.57 Å². The summed E-state index contributed by atoms with van der Waals surface area (Å²) in [5.41, 5.74) is 0.991. The average Bonchev–Trinajstić information content (AvgIpc) is 2.40. The van der Waals surface area contributed by atoms with E-state index in [0.29, 0.717) is 12.0 Å². The molecule has 0 aliphatic heterocycles. The summed E-state index contributed by atoms with van der Waals surface area (Å²) in [5.74, 6) is 0. The summed E-state index contributed by atoms with van der Waals surface area (Å²) in [5, 5.41) is 18.1. The van der Waals surface area contributed by atoms with E-state index in [0.717, 1.165) is 5.56 Å². The fourth-order valence-electron chi connectivity index (χ4n) is 1.82. The quantitative estimate of drug-likeness (QED) is 0.709. The Balaban J connectivity index is 2.41. The van der Waals surface area contributed by atoms with Crippen molar-refractivity contribution in [1.29, 1.82) is 10.5 Å². The van der Waals surface area contributed by atoms with E-state index in [-0.39, 0.29) is 0 Å². The van der Waals surface area contributed by atoms with E-state index < -0.39 is 5.41 Å². The van der Waals surface area contributed by atoms with E-state index in [1.807, 2.05) is 42.5 Å². The largest absolute Gasteiger partial charge is 0.197 e. The Bertz CT molecular complexity index is 526. The van der Waals surface area contributed by atoms with Crippen molar-refractivity contribution in [3.63, 3.8) is 0 Å². The molecule has 1 aliphatic rings. The molecule has 0 heterocycles. The van der Waals surface area contributed by atoms with Gasteiger partial charge in [-0.05, 0) is 18.1 Å². The summed E-state index contributed by atoms with van der Waals surface area (Å²) >= 11 is 0. The molecular formula is C14H10N2. The molecule has 0 bridgehead atoms. The van der Waals surface area contributed by atoms with Gasteiger partial charge < -0.3 is 0 Å². The summed E-state index contributed by atoms with van der Waals surface area (Å²) in [6.07, 6.45) is 5.92. The van der Waals surface area contributed by atoms with E-state index in [1.165, 1.54) is 0 Å². The second kappa shape index (κ2) is 4.04. The molecule has 1 unspecified atom stereocenters.